The second-order valence-electron chi connectivity index (χ2n) is 6.61. The molecule has 0 aliphatic carbocycles. The number of fused-ring (bicyclic) bond motifs is 1. The monoisotopic (exact) mass is 412 g/mol. The molecule has 7 nitrogen and oxygen atoms in total. The van der Waals surface area contributed by atoms with E-state index >= 15 is 0 Å². The average molecular weight is 412 g/mol. The zero-order valence-corrected chi connectivity index (χ0v) is 16.1. The number of nitro benzene ring substituents is 1. The zero-order chi connectivity index (χ0) is 20.4. The molecule has 0 atom stereocenters. The number of nitrogens with zero attached hydrogens (tertiary/aromatic N) is 4. The minimum Gasteiger partial charge on any atom is -0.345 e. The minimum atomic E-state index is -0.463. The summed E-state index contributed by atoms with van der Waals surface area (Å²) in [5.41, 5.74) is 1.36. The highest BCUT2D eigenvalue weighted by Crippen LogP contribution is 2.29. The Morgan fingerprint density at radius 2 is 1.97 bits per heavy atom. The number of benzene rings is 2. The molecule has 0 unspecified atom stereocenters. The number of amides is 1. The van der Waals surface area contributed by atoms with Gasteiger partial charge in [-0.1, -0.05) is 23.5 Å². The summed E-state index contributed by atoms with van der Waals surface area (Å²) in [4.78, 5) is 31.2. The Balaban J connectivity index is 1.38. The standard InChI is InChI=1S/C20H17FN4O3S/c21-15-5-6-17-18(13-15)29-20(22-17)24-10-8-23(9-11-24)19(26)7-4-14-2-1-3-16(12-14)25(27)28/h1-7,12-13H,8-11H2. The van der Waals surface area contributed by atoms with Gasteiger partial charge in [-0.2, -0.15) is 0 Å². The molecule has 1 amide bonds. The van der Waals surface area contributed by atoms with E-state index in [-0.39, 0.29) is 17.4 Å². The number of anilines is 1. The summed E-state index contributed by atoms with van der Waals surface area (Å²) < 4.78 is 14.2. The van der Waals surface area contributed by atoms with Crippen LogP contribution in [0.15, 0.2) is 48.5 Å². The third-order valence-corrected chi connectivity index (χ3v) is 5.78. The molecule has 0 radical (unpaired) electrons. The summed E-state index contributed by atoms with van der Waals surface area (Å²) in [6.07, 6.45) is 3.03. The number of hydrogen-bond acceptors (Lipinski definition) is 6. The van der Waals surface area contributed by atoms with Gasteiger partial charge in [0.1, 0.15) is 5.82 Å². The van der Waals surface area contributed by atoms with E-state index in [1.165, 1.54) is 41.7 Å². The molecule has 1 aliphatic heterocycles. The van der Waals surface area contributed by atoms with Gasteiger partial charge in [-0.15, -0.1) is 0 Å². The summed E-state index contributed by atoms with van der Waals surface area (Å²) in [6.45, 7) is 2.36. The van der Waals surface area contributed by atoms with Crippen LogP contribution in [0.1, 0.15) is 5.56 Å². The van der Waals surface area contributed by atoms with E-state index in [2.05, 4.69) is 9.88 Å². The molecule has 1 aliphatic rings. The number of thiazole rings is 1. The van der Waals surface area contributed by atoms with Crippen molar-refractivity contribution in [1.82, 2.24) is 9.88 Å². The summed E-state index contributed by atoms with van der Waals surface area (Å²) in [7, 11) is 0. The lowest BCUT2D eigenvalue weighted by Gasteiger charge is -2.34. The van der Waals surface area contributed by atoms with Gasteiger partial charge in [-0.25, -0.2) is 9.37 Å². The second kappa shape index (κ2) is 7.96. The van der Waals surface area contributed by atoms with Crippen molar-refractivity contribution >= 4 is 44.4 Å². The number of piperazine rings is 1. The minimum absolute atomic E-state index is 0.0103. The van der Waals surface area contributed by atoms with Crippen molar-refractivity contribution < 1.29 is 14.1 Å². The molecule has 2 aromatic carbocycles. The van der Waals surface area contributed by atoms with Crippen LogP contribution >= 0.6 is 11.3 Å². The number of hydrogen-bond donors (Lipinski definition) is 0. The SMILES string of the molecule is O=C(C=Cc1cccc([N+](=O)[O-])c1)N1CCN(c2nc3ccc(F)cc3s2)CC1. The first-order valence-corrected chi connectivity index (χ1v) is 9.84. The Bertz CT molecular complexity index is 1110. The number of carbonyl (C=O) groups is 1. The van der Waals surface area contributed by atoms with Crippen molar-refractivity contribution in [2.75, 3.05) is 31.1 Å². The van der Waals surface area contributed by atoms with Crippen LogP contribution in [0.2, 0.25) is 0 Å². The highest BCUT2D eigenvalue weighted by Gasteiger charge is 2.22. The molecule has 0 N–H and O–H groups in total. The van der Waals surface area contributed by atoms with Crippen molar-refractivity contribution in [2.45, 2.75) is 0 Å². The Kier molecular flexibility index (Phi) is 5.22. The fourth-order valence-corrected chi connectivity index (χ4v) is 4.20. The zero-order valence-electron chi connectivity index (χ0n) is 15.3. The van der Waals surface area contributed by atoms with Crippen LogP contribution in [0.25, 0.3) is 16.3 Å². The van der Waals surface area contributed by atoms with Crippen LogP contribution in [0.4, 0.5) is 15.2 Å². The molecule has 9 heteroatoms. The molecule has 2 heterocycles. The molecule has 0 spiro atoms. The van der Waals surface area contributed by atoms with Gasteiger partial charge < -0.3 is 9.80 Å². The quantitative estimate of drug-likeness (QED) is 0.371. The van der Waals surface area contributed by atoms with Gasteiger partial charge in [-0.3, -0.25) is 14.9 Å². The first-order valence-electron chi connectivity index (χ1n) is 9.02. The largest absolute Gasteiger partial charge is 0.345 e. The van der Waals surface area contributed by atoms with Gasteiger partial charge in [0, 0.05) is 44.4 Å². The number of carbonyl (C=O) groups excluding carboxylic acids is 1. The molecule has 4 rings (SSSR count). The lowest BCUT2D eigenvalue weighted by Crippen LogP contribution is -2.48. The molecule has 1 fully saturated rings. The number of halogens is 1. The van der Waals surface area contributed by atoms with Crippen molar-refractivity contribution in [2.24, 2.45) is 0 Å². The maximum Gasteiger partial charge on any atom is 0.270 e. The van der Waals surface area contributed by atoms with Gasteiger partial charge in [0.05, 0.1) is 15.1 Å². The molecule has 0 saturated carbocycles. The van der Waals surface area contributed by atoms with Crippen molar-refractivity contribution in [3.8, 4) is 0 Å². The smallest absolute Gasteiger partial charge is 0.270 e. The van der Waals surface area contributed by atoms with Crippen LogP contribution < -0.4 is 4.90 Å². The van der Waals surface area contributed by atoms with Crippen molar-refractivity contribution in [1.29, 1.82) is 0 Å². The van der Waals surface area contributed by atoms with E-state index in [9.17, 15) is 19.3 Å². The van der Waals surface area contributed by atoms with Crippen LogP contribution in [0.3, 0.4) is 0 Å². The second-order valence-corrected chi connectivity index (χ2v) is 7.62. The van der Waals surface area contributed by atoms with E-state index < -0.39 is 4.92 Å². The van der Waals surface area contributed by atoms with E-state index in [4.69, 9.17) is 0 Å². The molecule has 1 aromatic heterocycles. The first kappa shape index (κ1) is 19.0. The molecule has 29 heavy (non-hydrogen) atoms. The van der Waals surface area contributed by atoms with E-state index in [0.29, 0.717) is 31.7 Å². The topological polar surface area (TPSA) is 79.6 Å². The fourth-order valence-electron chi connectivity index (χ4n) is 3.15. The maximum atomic E-state index is 13.4. The third-order valence-electron chi connectivity index (χ3n) is 4.70. The number of rotatable bonds is 4. The van der Waals surface area contributed by atoms with Crippen LogP contribution in [-0.4, -0.2) is 46.9 Å². The van der Waals surface area contributed by atoms with Gasteiger partial charge in [-0.05, 0) is 29.8 Å². The molecule has 0 bridgehead atoms. The summed E-state index contributed by atoms with van der Waals surface area (Å²) in [6, 6.07) is 10.7. The molecule has 3 aromatic rings. The van der Waals surface area contributed by atoms with Crippen LogP contribution in [-0.2, 0) is 4.79 Å². The van der Waals surface area contributed by atoms with Crippen molar-refractivity contribution in [3.63, 3.8) is 0 Å². The Hall–Kier alpha value is -3.33. The molecule has 1 saturated heterocycles. The normalized spacial score (nSPS) is 14.7. The molecular weight excluding hydrogens is 395 g/mol. The van der Waals surface area contributed by atoms with E-state index in [1.807, 2.05) is 0 Å². The predicted octanol–water partition coefficient (Wildman–Crippen LogP) is 3.71. The van der Waals surface area contributed by atoms with Gasteiger partial charge >= 0.3 is 0 Å². The van der Waals surface area contributed by atoms with Gasteiger partial charge in [0.2, 0.25) is 5.91 Å². The number of aromatic nitrogens is 1. The maximum absolute atomic E-state index is 13.4. The predicted molar refractivity (Wildman–Crippen MR) is 111 cm³/mol. The molecule has 148 valence electrons. The Morgan fingerprint density at radius 3 is 2.72 bits per heavy atom. The summed E-state index contributed by atoms with van der Waals surface area (Å²) in [5, 5.41) is 11.7. The first-order chi connectivity index (χ1) is 14.0. The Labute approximate surface area is 169 Å². The van der Waals surface area contributed by atoms with E-state index in [0.717, 1.165) is 15.3 Å². The Morgan fingerprint density at radius 1 is 1.17 bits per heavy atom. The van der Waals surface area contributed by atoms with Crippen LogP contribution in [0, 0.1) is 15.9 Å². The number of nitro groups is 1. The summed E-state index contributed by atoms with van der Waals surface area (Å²) in [5.74, 6) is -0.416. The average Bonchev–Trinajstić information content (AvgIpc) is 3.15. The van der Waals surface area contributed by atoms with Crippen molar-refractivity contribution in [3.05, 3.63) is 70.0 Å². The van der Waals surface area contributed by atoms with E-state index in [1.54, 1.807) is 29.2 Å². The van der Waals surface area contributed by atoms with Crippen LogP contribution in [0.5, 0.6) is 0 Å². The highest BCUT2D eigenvalue weighted by molar-refractivity contribution is 7.22. The highest BCUT2D eigenvalue weighted by atomic mass is 32.1. The fraction of sp³-hybridized carbons (Fsp3) is 0.200. The third kappa shape index (κ3) is 4.24. The van der Waals surface area contributed by atoms with Gasteiger partial charge in [0.15, 0.2) is 5.13 Å². The number of non-ortho nitro benzene ring substituents is 1. The summed E-state index contributed by atoms with van der Waals surface area (Å²) >= 11 is 1.44. The van der Waals surface area contributed by atoms with Gasteiger partial charge in [0.25, 0.3) is 5.69 Å². The lowest BCUT2D eigenvalue weighted by atomic mass is 10.2. The molecular formula is C20H17FN4O3S. The lowest BCUT2D eigenvalue weighted by molar-refractivity contribution is -0.384.